The SMILES string of the molecule is CS(=O)(=O)NCCCNCC(C(=O)O)C(F)(F)F. The van der Waals surface area contributed by atoms with Gasteiger partial charge in [-0.1, -0.05) is 0 Å². The van der Waals surface area contributed by atoms with Crippen LogP contribution in [0.4, 0.5) is 13.2 Å². The van der Waals surface area contributed by atoms with Crippen LogP contribution in [0.15, 0.2) is 0 Å². The number of halogens is 3. The molecule has 0 spiro atoms. The summed E-state index contributed by atoms with van der Waals surface area (Å²) in [6.45, 7) is -0.574. The average molecular weight is 292 g/mol. The third kappa shape index (κ3) is 8.25. The highest BCUT2D eigenvalue weighted by molar-refractivity contribution is 7.88. The van der Waals surface area contributed by atoms with Crippen molar-refractivity contribution in [2.45, 2.75) is 12.6 Å². The van der Waals surface area contributed by atoms with Crippen molar-refractivity contribution in [3.63, 3.8) is 0 Å². The molecule has 0 heterocycles. The lowest BCUT2D eigenvalue weighted by molar-refractivity contribution is -0.192. The van der Waals surface area contributed by atoms with E-state index in [1.807, 2.05) is 0 Å². The third-order valence-electron chi connectivity index (χ3n) is 1.94. The summed E-state index contributed by atoms with van der Waals surface area (Å²) in [5, 5.41) is 10.7. The van der Waals surface area contributed by atoms with Gasteiger partial charge in [-0.05, 0) is 13.0 Å². The summed E-state index contributed by atoms with van der Waals surface area (Å²) in [6, 6.07) is 0. The molecule has 0 saturated carbocycles. The number of carbonyl (C=O) groups is 1. The van der Waals surface area contributed by atoms with Crippen molar-refractivity contribution >= 4 is 16.0 Å². The highest BCUT2D eigenvalue weighted by Crippen LogP contribution is 2.25. The normalized spacial score (nSPS) is 14.4. The van der Waals surface area contributed by atoms with Crippen molar-refractivity contribution in [1.29, 1.82) is 0 Å². The van der Waals surface area contributed by atoms with Crippen LogP contribution in [-0.2, 0) is 14.8 Å². The van der Waals surface area contributed by atoms with E-state index in [1.54, 1.807) is 0 Å². The van der Waals surface area contributed by atoms with E-state index in [0.717, 1.165) is 6.26 Å². The molecule has 0 fully saturated rings. The van der Waals surface area contributed by atoms with Crippen LogP contribution in [0, 0.1) is 5.92 Å². The fourth-order valence-corrected chi connectivity index (χ4v) is 1.58. The Morgan fingerprint density at radius 3 is 2.28 bits per heavy atom. The maximum atomic E-state index is 12.2. The molecular formula is C8H15F3N2O4S. The maximum Gasteiger partial charge on any atom is 0.403 e. The number of sulfonamides is 1. The Labute approximate surface area is 103 Å². The molecule has 0 aromatic heterocycles. The number of carboxylic acid groups (broad SMARTS) is 1. The molecule has 0 aliphatic rings. The molecule has 0 aromatic rings. The van der Waals surface area contributed by atoms with Crippen molar-refractivity contribution in [3.05, 3.63) is 0 Å². The Morgan fingerprint density at radius 1 is 1.33 bits per heavy atom. The minimum absolute atomic E-state index is 0.0790. The van der Waals surface area contributed by atoms with Crippen molar-refractivity contribution in [3.8, 4) is 0 Å². The van der Waals surface area contributed by atoms with E-state index in [4.69, 9.17) is 5.11 Å². The summed E-state index contributed by atoms with van der Waals surface area (Å²) in [5.41, 5.74) is 0. The predicted molar refractivity (Wildman–Crippen MR) is 57.5 cm³/mol. The summed E-state index contributed by atoms with van der Waals surface area (Å²) in [6.07, 6.45) is -3.58. The van der Waals surface area contributed by atoms with Gasteiger partial charge >= 0.3 is 12.1 Å². The third-order valence-corrected chi connectivity index (χ3v) is 2.66. The van der Waals surface area contributed by atoms with Crippen LogP contribution < -0.4 is 10.0 Å². The minimum atomic E-state index is -4.80. The van der Waals surface area contributed by atoms with E-state index in [1.165, 1.54) is 0 Å². The number of aliphatic carboxylic acids is 1. The van der Waals surface area contributed by atoms with Crippen LogP contribution in [0.25, 0.3) is 0 Å². The summed E-state index contributed by atoms with van der Waals surface area (Å²) in [7, 11) is -3.32. The largest absolute Gasteiger partial charge is 0.481 e. The molecule has 0 aliphatic heterocycles. The number of hydrogen-bond donors (Lipinski definition) is 3. The van der Waals surface area contributed by atoms with Gasteiger partial charge in [-0.3, -0.25) is 4.79 Å². The summed E-state index contributed by atoms with van der Waals surface area (Å²) in [4.78, 5) is 10.3. The first-order valence-corrected chi connectivity index (χ1v) is 6.88. The highest BCUT2D eigenvalue weighted by Gasteiger charge is 2.44. The lowest BCUT2D eigenvalue weighted by atomic mass is 10.1. The van der Waals surface area contributed by atoms with Crippen LogP contribution in [0.5, 0.6) is 0 Å². The Kier molecular flexibility index (Phi) is 6.57. The Balaban J connectivity index is 3.86. The maximum absolute atomic E-state index is 12.2. The minimum Gasteiger partial charge on any atom is -0.481 e. The highest BCUT2D eigenvalue weighted by atomic mass is 32.2. The lowest BCUT2D eigenvalue weighted by Gasteiger charge is -2.16. The van der Waals surface area contributed by atoms with Crippen LogP contribution in [0.1, 0.15) is 6.42 Å². The lowest BCUT2D eigenvalue weighted by Crippen LogP contribution is -2.39. The van der Waals surface area contributed by atoms with Gasteiger partial charge in [0.25, 0.3) is 0 Å². The molecular weight excluding hydrogens is 277 g/mol. The first-order valence-electron chi connectivity index (χ1n) is 4.99. The second kappa shape index (κ2) is 6.90. The Bertz CT molecular complexity index is 369. The van der Waals surface area contributed by atoms with Gasteiger partial charge in [0.15, 0.2) is 5.92 Å². The second-order valence-electron chi connectivity index (χ2n) is 3.66. The first-order chi connectivity index (χ1) is 8.04. The van der Waals surface area contributed by atoms with E-state index in [-0.39, 0.29) is 19.5 Å². The number of alkyl halides is 3. The topological polar surface area (TPSA) is 95.5 Å². The number of nitrogens with one attached hydrogen (secondary N) is 2. The van der Waals surface area contributed by atoms with Crippen molar-refractivity contribution in [2.24, 2.45) is 5.92 Å². The van der Waals surface area contributed by atoms with E-state index in [9.17, 15) is 26.4 Å². The standard InChI is InChI=1S/C8H15F3N2O4S/c1-18(16,17)13-4-2-3-12-5-6(7(14)15)8(9,10)11/h6,12-13H,2-5H2,1H3,(H,14,15). The van der Waals surface area contributed by atoms with Crippen molar-refractivity contribution in [2.75, 3.05) is 25.9 Å². The smallest absolute Gasteiger partial charge is 0.403 e. The monoisotopic (exact) mass is 292 g/mol. The number of carboxylic acids is 1. The molecule has 1 unspecified atom stereocenters. The molecule has 0 amide bonds. The van der Waals surface area contributed by atoms with Gasteiger partial charge in [0.05, 0.1) is 6.26 Å². The molecule has 108 valence electrons. The van der Waals surface area contributed by atoms with Crippen molar-refractivity contribution in [1.82, 2.24) is 10.0 Å². The van der Waals surface area contributed by atoms with Crippen LogP contribution >= 0.6 is 0 Å². The Morgan fingerprint density at radius 2 is 1.89 bits per heavy atom. The molecule has 6 nitrogen and oxygen atoms in total. The van der Waals surface area contributed by atoms with Gasteiger partial charge in [0.2, 0.25) is 10.0 Å². The van der Waals surface area contributed by atoms with Gasteiger partial charge in [0, 0.05) is 13.1 Å². The quantitative estimate of drug-likeness (QED) is 0.538. The average Bonchev–Trinajstić information content (AvgIpc) is 2.11. The van der Waals surface area contributed by atoms with E-state index < -0.39 is 34.6 Å². The molecule has 0 saturated heterocycles. The number of hydrogen-bond acceptors (Lipinski definition) is 4. The zero-order valence-corrected chi connectivity index (χ0v) is 10.4. The van der Waals surface area contributed by atoms with Gasteiger partial charge in [0.1, 0.15) is 0 Å². The molecule has 0 radical (unpaired) electrons. The zero-order valence-electron chi connectivity index (χ0n) is 9.62. The van der Waals surface area contributed by atoms with E-state index in [0.29, 0.717) is 0 Å². The molecule has 0 bridgehead atoms. The summed E-state index contributed by atoms with van der Waals surface area (Å²) < 4.78 is 60.0. The van der Waals surface area contributed by atoms with Crippen LogP contribution in [-0.4, -0.2) is 51.6 Å². The molecule has 1 atom stereocenters. The van der Waals surface area contributed by atoms with Gasteiger partial charge < -0.3 is 10.4 Å². The first kappa shape index (κ1) is 17.1. The molecule has 3 N–H and O–H groups in total. The predicted octanol–water partition coefficient (Wildman–Crippen LogP) is -0.222. The molecule has 0 rings (SSSR count). The second-order valence-corrected chi connectivity index (χ2v) is 5.49. The molecule has 10 heteroatoms. The fraction of sp³-hybridized carbons (Fsp3) is 0.875. The fourth-order valence-electron chi connectivity index (χ4n) is 1.06. The van der Waals surface area contributed by atoms with Gasteiger partial charge in [-0.2, -0.15) is 13.2 Å². The van der Waals surface area contributed by atoms with Gasteiger partial charge in [-0.25, -0.2) is 13.1 Å². The van der Waals surface area contributed by atoms with Crippen molar-refractivity contribution < 1.29 is 31.5 Å². The molecule has 18 heavy (non-hydrogen) atoms. The summed E-state index contributed by atoms with van der Waals surface area (Å²) in [5.74, 6) is -4.40. The molecule has 0 aromatic carbocycles. The van der Waals surface area contributed by atoms with Gasteiger partial charge in [-0.15, -0.1) is 0 Å². The van der Waals surface area contributed by atoms with Crippen LogP contribution in [0.2, 0.25) is 0 Å². The Hall–Kier alpha value is -0.870. The van der Waals surface area contributed by atoms with E-state index >= 15 is 0 Å². The zero-order chi connectivity index (χ0) is 14.4. The van der Waals surface area contributed by atoms with Crippen LogP contribution in [0.3, 0.4) is 0 Å². The number of rotatable bonds is 8. The summed E-state index contributed by atoms with van der Waals surface area (Å²) >= 11 is 0. The molecule has 0 aliphatic carbocycles. The van der Waals surface area contributed by atoms with E-state index in [2.05, 4.69) is 10.0 Å².